The Balaban J connectivity index is 0.00000338. The van der Waals surface area contributed by atoms with Gasteiger partial charge in [0.1, 0.15) is 0 Å². The molecule has 148 valence electrons. The Morgan fingerprint density at radius 2 is 1.88 bits per heavy atom. The van der Waals surface area contributed by atoms with E-state index in [0.29, 0.717) is 5.92 Å². The lowest BCUT2D eigenvalue weighted by Gasteiger charge is -2.36. The van der Waals surface area contributed by atoms with E-state index in [1.54, 1.807) is 0 Å². The lowest BCUT2D eigenvalue weighted by molar-refractivity contribution is 0.255. The van der Waals surface area contributed by atoms with E-state index < -0.39 is 0 Å². The molecule has 0 unspecified atom stereocenters. The minimum absolute atomic E-state index is 0. The van der Waals surface area contributed by atoms with Crippen LogP contribution >= 0.6 is 24.0 Å². The molecule has 1 aromatic rings. The molecule has 0 saturated carbocycles. The SMILES string of the molecule is CN=C(NCCCN1CCN(c2cccc(C)c2)CC1)NCC(C)C.I. The van der Waals surface area contributed by atoms with E-state index in [1.807, 2.05) is 7.05 Å². The van der Waals surface area contributed by atoms with E-state index in [0.717, 1.165) is 58.2 Å². The third kappa shape index (κ3) is 8.12. The van der Waals surface area contributed by atoms with Crippen LogP contribution in [0, 0.1) is 12.8 Å². The van der Waals surface area contributed by atoms with Gasteiger partial charge in [-0.25, -0.2) is 0 Å². The van der Waals surface area contributed by atoms with Crippen LogP contribution in [0.3, 0.4) is 0 Å². The number of anilines is 1. The number of halogens is 1. The number of hydrogen-bond acceptors (Lipinski definition) is 3. The summed E-state index contributed by atoms with van der Waals surface area (Å²) in [6.07, 6.45) is 1.15. The number of aliphatic imine (C=N–C) groups is 1. The summed E-state index contributed by atoms with van der Waals surface area (Å²) in [5, 5.41) is 6.76. The second kappa shape index (κ2) is 12.4. The molecule has 1 saturated heterocycles. The Hall–Kier alpha value is -1.02. The molecule has 1 aliphatic rings. The molecule has 1 aliphatic heterocycles. The lowest BCUT2D eigenvalue weighted by atomic mass is 10.2. The molecule has 0 atom stereocenters. The predicted octanol–water partition coefficient (Wildman–Crippen LogP) is 2.95. The summed E-state index contributed by atoms with van der Waals surface area (Å²) >= 11 is 0. The van der Waals surface area contributed by atoms with Crippen molar-refractivity contribution < 1.29 is 0 Å². The maximum Gasteiger partial charge on any atom is 0.190 e. The van der Waals surface area contributed by atoms with Crippen molar-refractivity contribution in [2.24, 2.45) is 10.9 Å². The molecule has 6 heteroatoms. The van der Waals surface area contributed by atoms with Gasteiger partial charge in [-0.05, 0) is 43.5 Å². The molecule has 2 N–H and O–H groups in total. The highest BCUT2D eigenvalue weighted by Gasteiger charge is 2.16. The molecule has 0 radical (unpaired) electrons. The molecular formula is C20H36IN5. The average molecular weight is 473 g/mol. The van der Waals surface area contributed by atoms with Crippen LogP contribution in [-0.2, 0) is 0 Å². The predicted molar refractivity (Wildman–Crippen MR) is 124 cm³/mol. The minimum atomic E-state index is 0. The normalized spacial score (nSPS) is 15.7. The van der Waals surface area contributed by atoms with Gasteiger partial charge in [-0.1, -0.05) is 26.0 Å². The van der Waals surface area contributed by atoms with E-state index in [4.69, 9.17) is 0 Å². The van der Waals surface area contributed by atoms with Crippen molar-refractivity contribution in [3.63, 3.8) is 0 Å². The summed E-state index contributed by atoms with van der Waals surface area (Å²) in [7, 11) is 1.83. The van der Waals surface area contributed by atoms with Crippen LogP contribution in [0.2, 0.25) is 0 Å². The molecule has 0 bridgehead atoms. The smallest absolute Gasteiger partial charge is 0.190 e. The summed E-state index contributed by atoms with van der Waals surface area (Å²) in [6, 6.07) is 8.83. The van der Waals surface area contributed by atoms with Gasteiger partial charge in [0.2, 0.25) is 0 Å². The number of nitrogens with one attached hydrogen (secondary N) is 2. The maximum atomic E-state index is 4.27. The molecule has 1 heterocycles. The van der Waals surface area contributed by atoms with Crippen molar-refractivity contribution in [1.82, 2.24) is 15.5 Å². The highest BCUT2D eigenvalue weighted by atomic mass is 127. The first kappa shape index (κ1) is 23.0. The van der Waals surface area contributed by atoms with Crippen LogP contribution in [0.1, 0.15) is 25.8 Å². The Kier molecular flexibility index (Phi) is 11.0. The second-order valence-electron chi connectivity index (χ2n) is 7.29. The number of piperazine rings is 1. The molecule has 26 heavy (non-hydrogen) atoms. The fourth-order valence-corrected chi connectivity index (χ4v) is 3.09. The van der Waals surface area contributed by atoms with Crippen molar-refractivity contribution in [1.29, 1.82) is 0 Å². The van der Waals surface area contributed by atoms with Crippen molar-refractivity contribution in [2.75, 3.05) is 57.8 Å². The van der Waals surface area contributed by atoms with Gasteiger partial charge in [0, 0.05) is 52.0 Å². The van der Waals surface area contributed by atoms with Crippen LogP contribution in [0.4, 0.5) is 5.69 Å². The zero-order valence-corrected chi connectivity index (χ0v) is 19.1. The lowest BCUT2D eigenvalue weighted by Crippen LogP contribution is -2.47. The Labute approximate surface area is 176 Å². The van der Waals surface area contributed by atoms with Crippen LogP contribution in [0.5, 0.6) is 0 Å². The largest absolute Gasteiger partial charge is 0.369 e. The summed E-state index contributed by atoms with van der Waals surface area (Å²) in [5.74, 6) is 1.54. The minimum Gasteiger partial charge on any atom is -0.369 e. The fourth-order valence-electron chi connectivity index (χ4n) is 3.09. The first-order valence-corrected chi connectivity index (χ1v) is 9.57. The van der Waals surface area contributed by atoms with Gasteiger partial charge in [0.15, 0.2) is 5.96 Å². The Morgan fingerprint density at radius 3 is 2.50 bits per heavy atom. The molecule has 1 fully saturated rings. The summed E-state index contributed by atoms with van der Waals surface area (Å²) in [5.41, 5.74) is 2.70. The highest BCUT2D eigenvalue weighted by molar-refractivity contribution is 14.0. The number of nitrogens with zero attached hydrogens (tertiary/aromatic N) is 3. The number of hydrogen-bond donors (Lipinski definition) is 2. The molecule has 0 aromatic heterocycles. The van der Waals surface area contributed by atoms with Crippen LogP contribution in [0.25, 0.3) is 0 Å². The van der Waals surface area contributed by atoms with Crippen molar-refractivity contribution in [3.05, 3.63) is 29.8 Å². The first-order chi connectivity index (χ1) is 12.1. The summed E-state index contributed by atoms with van der Waals surface area (Å²) in [6.45, 7) is 14.2. The molecular weight excluding hydrogens is 437 g/mol. The van der Waals surface area contributed by atoms with Crippen LogP contribution < -0.4 is 15.5 Å². The van der Waals surface area contributed by atoms with Crippen molar-refractivity contribution in [2.45, 2.75) is 27.2 Å². The zero-order valence-electron chi connectivity index (χ0n) is 16.8. The standard InChI is InChI=1S/C20H35N5.HI/c1-17(2)16-23-20(21-4)22-9-6-10-24-11-13-25(14-12-24)19-8-5-7-18(3)15-19;/h5,7-8,15,17H,6,9-14,16H2,1-4H3,(H2,21,22,23);1H. The molecule has 2 rings (SSSR count). The first-order valence-electron chi connectivity index (χ1n) is 9.57. The molecule has 0 spiro atoms. The third-order valence-electron chi connectivity index (χ3n) is 4.58. The number of aryl methyl sites for hydroxylation is 1. The van der Waals surface area contributed by atoms with E-state index in [1.165, 1.54) is 11.3 Å². The van der Waals surface area contributed by atoms with Gasteiger partial charge in [0.05, 0.1) is 0 Å². The van der Waals surface area contributed by atoms with Gasteiger partial charge in [0.25, 0.3) is 0 Å². The molecule has 5 nitrogen and oxygen atoms in total. The summed E-state index contributed by atoms with van der Waals surface area (Å²) in [4.78, 5) is 9.34. The van der Waals surface area contributed by atoms with E-state index >= 15 is 0 Å². The fraction of sp³-hybridized carbons (Fsp3) is 0.650. The van der Waals surface area contributed by atoms with E-state index in [9.17, 15) is 0 Å². The van der Waals surface area contributed by atoms with Crippen LogP contribution in [-0.4, -0.2) is 63.7 Å². The number of benzene rings is 1. The number of guanidine groups is 1. The molecule has 0 aliphatic carbocycles. The monoisotopic (exact) mass is 473 g/mol. The van der Waals surface area contributed by atoms with Crippen molar-refractivity contribution >= 4 is 35.6 Å². The zero-order chi connectivity index (χ0) is 18.1. The summed E-state index contributed by atoms with van der Waals surface area (Å²) < 4.78 is 0. The topological polar surface area (TPSA) is 42.9 Å². The van der Waals surface area contributed by atoms with Crippen LogP contribution in [0.15, 0.2) is 29.3 Å². The number of rotatable bonds is 7. The highest BCUT2D eigenvalue weighted by Crippen LogP contribution is 2.17. The average Bonchev–Trinajstić information content (AvgIpc) is 2.61. The molecule has 1 aromatic carbocycles. The van der Waals surface area contributed by atoms with Gasteiger partial charge in [-0.15, -0.1) is 24.0 Å². The van der Waals surface area contributed by atoms with Gasteiger partial charge in [-0.2, -0.15) is 0 Å². The quantitative estimate of drug-likeness (QED) is 0.277. The second-order valence-corrected chi connectivity index (χ2v) is 7.29. The van der Waals surface area contributed by atoms with Crippen molar-refractivity contribution in [3.8, 4) is 0 Å². The van der Waals surface area contributed by atoms with Gasteiger partial charge >= 0.3 is 0 Å². The Bertz CT molecular complexity index is 539. The maximum absolute atomic E-state index is 4.27. The van der Waals surface area contributed by atoms with E-state index in [-0.39, 0.29) is 24.0 Å². The molecule has 0 amide bonds. The van der Waals surface area contributed by atoms with Gasteiger partial charge in [-0.3, -0.25) is 9.89 Å². The van der Waals surface area contributed by atoms with Gasteiger partial charge < -0.3 is 15.5 Å². The Morgan fingerprint density at radius 1 is 1.15 bits per heavy atom. The third-order valence-corrected chi connectivity index (χ3v) is 4.58. The van der Waals surface area contributed by atoms with E-state index in [2.05, 4.69) is 70.5 Å².